The molecule has 19 heavy (non-hydrogen) atoms. The lowest BCUT2D eigenvalue weighted by molar-refractivity contribution is -0.133. The molecule has 1 fully saturated rings. The van der Waals surface area contributed by atoms with Crippen LogP contribution in [0.5, 0.6) is 0 Å². The fourth-order valence-electron chi connectivity index (χ4n) is 2.45. The molecule has 0 radical (unpaired) electrons. The van der Waals surface area contributed by atoms with Gasteiger partial charge in [0.25, 0.3) is 0 Å². The maximum absolute atomic E-state index is 10.5. The SMILES string of the molecule is CC1(C)CCCC(Nc2nnc(SCC(=O)O)s2)C1. The van der Waals surface area contributed by atoms with E-state index in [1.807, 2.05) is 0 Å². The Balaban J connectivity index is 1.87. The molecule has 1 heterocycles. The van der Waals surface area contributed by atoms with Gasteiger partial charge in [-0.05, 0) is 24.7 Å². The number of thioether (sulfide) groups is 1. The van der Waals surface area contributed by atoms with Crippen molar-refractivity contribution in [2.75, 3.05) is 11.1 Å². The summed E-state index contributed by atoms with van der Waals surface area (Å²) < 4.78 is 0.708. The van der Waals surface area contributed by atoms with Gasteiger partial charge in [0, 0.05) is 6.04 Å². The third kappa shape index (κ3) is 4.65. The predicted octanol–water partition coefficient (Wildman–Crippen LogP) is 3.10. The van der Waals surface area contributed by atoms with E-state index >= 15 is 0 Å². The number of carbonyl (C=O) groups is 1. The molecule has 2 N–H and O–H groups in total. The lowest BCUT2D eigenvalue weighted by Gasteiger charge is -2.35. The van der Waals surface area contributed by atoms with Crippen molar-refractivity contribution in [3.8, 4) is 0 Å². The van der Waals surface area contributed by atoms with Crippen LogP contribution in [0.25, 0.3) is 0 Å². The molecule has 1 atom stereocenters. The number of rotatable bonds is 5. The maximum atomic E-state index is 10.5. The summed E-state index contributed by atoms with van der Waals surface area (Å²) in [6, 6.07) is 0.453. The summed E-state index contributed by atoms with van der Waals surface area (Å²) in [5, 5.41) is 20.9. The molecule has 0 aliphatic heterocycles. The fourth-order valence-corrected chi connectivity index (χ4v) is 3.99. The molecule has 0 aromatic carbocycles. The molecule has 7 heteroatoms. The van der Waals surface area contributed by atoms with Crippen LogP contribution in [-0.2, 0) is 4.79 Å². The second kappa shape index (κ2) is 6.09. The summed E-state index contributed by atoms with van der Waals surface area (Å²) in [6.45, 7) is 4.60. The van der Waals surface area contributed by atoms with Crippen LogP contribution < -0.4 is 5.32 Å². The molecular weight excluding hydrogens is 282 g/mol. The van der Waals surface area contributed by atoms with Crippen molar-refractivity contribution >= 4 is 34.2 Å². The van der Waals surface area contributed by atoms with Gasteiger partial charge in [-0.2, -0.15) is 0 Å². The number of nitrogens with one attached hydrogen (secondary N) is 1. The topological polar surface area (TPSA) is 75.1 Å². The Kier molecular flexibility index (Phi) is 4.67. The van der Waals surface area contributed by atoms with E-state index in [1.165, 1.54) is 42.4 Å². The maximum Gasteiger partial charge on any atom is 0.313 e. The van der Waals surface area contributed by atoms with E-state index in [4.69, 9.17) is 5.11 Å². The Hall–Kier alpha value is -0.820. The Morgan fingerprint density at radius 2 is 2.37 bits per heavy atom. The van der Waals surface area contributed by atoms with Gasteiger partial charge in [0.2, 0.25) is 5.13 Å². The van der Waals surface area contributed by atoms with Crippen LogP contribution >= 0.6 is 23.1 Å². The van der Waals surface area contributed by atoms with Gasteiger partial charge in [-0.15, -0.1) is 10.2 Å². The monoisotopic (exact) mass is 301 g/mol. The Morgan fingerprint density at radius 1 is 1.58 bits per heavy atom. The van der Waals surface area contributed by atoms with E-state index in [9.17, 15) is 4.79 Å². The van der Waals surface area contributed by atoms with Crippen molar-refractivity contribution in [1.82, 2.24) is 10.2 Å². The highest BCUT2D eigenvalue weighted by Crippen LogP contribution is 2.37. The predicted molar refractivity (Wildman–Crippen MR) is 77.9 cm³/mol. The van der Waals surface area contributed by atoms with Crippen LogP contribution in [0.1, 0.15) is 39.5 Å². The summed E-state index contributed by atoms with van der Waals surface area (Å²) in [6.07, 6.45) is 4.83. The van der Waals surface area contributed by atoms with Crippen LogP contribution in [0.2, 0.25) is 0 Å². The average Bonchev–Trinajstić information content (AvgIpc) is 2.73. The zero-order valence-corrected chi connectivity index (χ0v) is 12.8. The Labute approximate surface area is 121 Å². The highest BCUT2D eigenvalue weighted by molar-refractivity contribution is 8.01. The van der Waals surface area contributed by atoms with Crippen molar-refractivity contribution in [3.05, 3.63) is 0 Å². The second-order valence-corrected chi connectivity index (χ2v) is 7.86. The van der Waals surface area contributed by atoms with Gasteiger partial charge < -0.3 is 10.4 Å². The van der Waals surface area contributed by atoms with E-state index in [0.29, 0.717) is 15.8 Å². The fraction of sp³-hybridized carbons (Fsp3) is 0.750. The van der Waals surface area contributed by atoms with E-state index in [2.05, 4.69) is 29.4 Å². The van der Waals surface area contributed by atoms with E-state index in [0.717, 1.165) is 11.6 Å². The number of hydrogen-bond acceptors (Lipinski definition) is 6. The van der Waals surface area contributed by atoms with Gasteiger partial charge >= 0.3 is 5.97 Å². The number of anilines is 1. The van der Waals surface area contributed by atoms with Crippen molar-refractivity contribution < 1.29 is 9.90 Å². The third-order valence-electron chi connectivity index (χ3n) is 3.26. The molecule has 106 valence electrons. The summed E-state index contributed by atoms with van der Waals surface area (Å²) in [7, 11) is 0. The molecule has 5 nitrogen and oxygen atoms in total. The van der Waals surface area contributed by atoms with Crippen LogP contribution in [0, 0.1) is 5.41 Å². The van der Waals surface area contributed by atoms with E-state index in [1.54, 1.807) is 0 Å². The number of aromatic nitrogens is 2. The number of carboxylic acids is 1. The van der Waals surface area contributed by atoms with Crippen LogP contribution in [0.15, 0.2) is 4.34 Å². The number of nitrogens with zero attached hydrogens (tertiary/aromatic N) is 2. The molecule has 1 unspecified atom stereocenters. The summed E-state index contributed by atoms with van der Waals surface area (Å²) in [5.74, 6) is -0.797. The number of aliphatic carboxylic acids is 1. The second-order valence-electron chi connectivity index (χ2n) is 5.66. The van der Waals surface area contributed by atoms with Gasteiger partial charge in [0.1, 0.15) is 0 Å². The molecule has 1 aromatic rings. The molecule has 0 amide bonds. The Morgan fingerprint density at radius 3 is 3.05 bits per heavy atom. The first-order valence-electron chi connectivity index (χ1n) is 6.39. The van der Waals surface area contributed by atoms with Crippen LogP contribution in [0.4, 0.5) is 5.13 Å². The third-order valence-corrected chi connectivity index (χ3v) is 5.23. The molecule has 2 rings (SSSR count). The number of carboxylic acid groups (broad SMARTS) is 1. The lowest BCUT2D eigenvalue weighted by atomic mass is 9.75. The minimum Gasteiger partial charge on any atom is -0.481 e. The van der Waals surface area contributed by atoms with E-state index < -0.39 is 5.97 Å². The van der Waals surface area contributed by atoms with E-state index in [-0.39, 0.29) is 5.75 Å². The molecule has 1 aromatic heterocycles. The number of hydrogen-bond donors (Lipinski definition) is 2. The van der Waals surface area contributed by atoms with Crippen LogP contribution in [0.3, 0.4) is 0 Å². The molecule has 0 bridgehead atoms. The van der Waals surface area contributed by atoms with Gasteiger partial charge in [-0.25, -0.2) is 0 Å². The molecule has 0 spiro atoms. The molecule has 1 aliphatic rings. The van der Waals surface area contributed by atoms with Crippen molar-refractivity contribution in [3.63, 3.8) is 0 Å². The first-order valence-corrected chi connectivity index (χ1v) is 8.19. The zero-order valence-electron chi connectivity index (χ0n) is 11.2. The largest absolute Gasteiger partial charge is 0.481 e. The van der Waals surface area contributed by atoms with Crippen molar-refractivity contribution in [1.29, 1.82) is 0 Å². The summed E-state index contributed by atoms with van der Waals surface area (Å²) >= 11 is 2.65. The van der Waals surface area contributed by atoms with Gasteiger partial charge in [0.05, 0.1) is 5.75 Å². The standard InChI is InChI=1S/C12H19N3O2S2/c1-12(2)5-3-4-8(6-12)13-10-14-15-11(19-10)18-7-9(16)17/h8H,3-7H2,1-2H3,(H,13,14)(H,16,17). The quantitative estimate of drug-likeness (QED) is 0.814. The van der Waals surface area contributed by atoms with Crippen molar-refractivity contribution in [2.24, 2.45) is 5.41 Å². The smallest absolute Gasteiger partial charge is 0.313 e. The minimum absolute atomic E-state index is 0.0328. The normalized spacial score (nSPS) is 22.1. The molecule has 1 aliphatic carbocycles. The highest BCUT2D eigenvalue weighted by atomic mass is 32.2. The average molecular weight is 301 g/mol. The zero-order chi connectivity index (χ0) is 13.9. The first-order chi connectivity index (χ1) is 8.94. The Bertz CT molecular complexity index is 448. The van der Waals surface area contributed by atoms with Crippen molar-refractivity contribution in [2.45, 2.75) is 49.9 Å². The van der Waals surface area contributed by atoms with Gasteiger partial charge in [-0.3, -0.25) is 4.79 Å². The summed E-state index contributed by atoms with van der Waals surface area (Å²) in [5.41, 5.74) is 0.390. The molecule has 0 saturated heterocycles. The van der Waals surface area contributed by atoms with Crippen LogP contribution in [-0.4, -0.2) is 33.1 Å². The lowest BCUT2D eigenvalue weighted by Crippen LogP contribution is -2.31. The first kappa shape index (κ1) is 14.6. The van der Waals surface area contributed by atoms with Gasteiger partial charge in [0.15, 0.2) is 4.34 Å². The summed E-state index contributed by atoms with van der Waals surface area (Å²) in [4.78, 5) is 10.5. The minimum atomic E-state index is -0.830. The molecular formula is C12H19N3O2S2. The van der Waals surface area contributed by atoms with Gasteiger partial charge in [-0.1, -0.05) is 43.4 Å². The molecule has 1 saturated carbocycles. The highest BCUT2D eigenvalue weighted by Gasteiger charge is 2.28.